The summed E-state index contributed by atoms with van der Waals surface area (Å²) in [7, 11) is 0. The van der Waals surface area contributed by atoms with E-state index in [4.69, 9.17) is 14.2 Å². The Bertz CT molecular complexity index is 563. The van der Waals surface area contributed by atoms with E-state index in [0.29, 0.717) is 5.75 Å². The smallest absolute Gasteiger partial charge is 0.302 e. The summed E-state index contributed by atoms with van der Waals surface area (Å²) in [5, 5.41) is 0. The van der Waals surface area contributed by atoms with Crippen LogP contribution in [-0.2, 0) is 9.53 Å². The molecule has 110 valence electrons. The van der Waals surface area contributed by atoms with Crippen molar-refractivity contribution < 1.29 is 19.0 Å². The Hall–Kier alpha value is -2.49. The van der Waals surface area contributed by atoms with Crippen molar-refractivity contribution in [1.82, 2.24) is 0 Å². The van der Waals surface area contributed by atoms with E-state index in [1.807, 2.05) is 61.5 Å². The number of carbonyl (C=O) groups excluding carboxylic acids is 1. The molecule has 2 aromatic rings. The Morgan fingerprint density at radius 1 is 0.952 bits per heavy atom. The molecule has 0 heterocycles. The van der Waals surface area contributed by atoms with E-state index in [1.54, 1.807) is 0 Å². The summed E-state index contributed by atoms with van der Waals surface area (Å²) < 4.78 is 16.2. The third kappa shape index (κ3) is 5.18. The fourth-order valence-electron chi connectivity index (χ4n) is 1.71. The Labute approximate surface area is 124 Å². The van der Waals surface area contributed by atoms with E-state index in [2.05, 4.69) is 0 Å². The van der Waals surface area contributed by atoms with Crippen LogP contribution in [0.5, 0.6) is 17.2 Å². The molecule has 0 aliphatic heterocycles. The highest BCUT2D eigenvalue weighted by molar-refractivity contribution is 5.65. The Morgan fingerprint density at radius 2 is 1.52 bits per heavy atom. The first-order valence-electron chi connectivity index (χ1n) is 6.76. The molecule has 0 unspecified atom stereocenters. The lowest BCUT2D eigenvalue weighted by molar-refractivity contribution is -0.143. The molecule has 0 amide bonds. The predicted molar refractivity (Wildman–Crippen MR) is 79.7 cm³/mol. The number of benzene rings is 2. The van der Waals surface area contributed by atoms with Crippen LogP contribution in [0.1, 0.15) is 13.8 Å². The first kappa shape index (κ1) is 14.9. The average Bonchev–Trinajstić information content (AvgIpc) is 2.48. The summed E-state index contributed by atoms with van der Waals surface area (Å²) >= 11 is 0. The van der Waals surface area contributed by atoms with Crippen LogP contribution in [0.4, 0.5) is 0 Å². The van der Waals surface area contributed by atoms with Gasteiger partial charge in [-0.15, -0.1) is 0 Å². The van der Waals surface area contributed by atoms with Crippen LogP contribution in [0.2, 0.25) is 0 Å². The van der Waals surface area contributed by atoms with Crippen molar-refractivity contribution in [1.29, 1.82) is 0 Å². The molecule has 0 bridgehead atoms. The maximum Gasteiger partial charge on any atom is 0.302 e. The predicted octanol–water partition coefficient (Wildman–Crippen LogP) is 3.81. The summed E-state index contributed by atoms with van der Waals surface area (Å²) in [5.41, 5.74) is 0. The number of para-hydroxylation sites is 1. The molecule has 0 saturated heterocycles. The molecule has 0 spiro atoms. The molecule has 0 aliphatic carbocycles. The second-order valence-electron chi connectivity index (χ2n) is 4.62. The number of esters is 1. The minimum Gasteiger partial charge on any atom is -0.487 e. The van der Waals surface area contributed by atoms with Crippen LogP contribution in [0.3, 0.4) is 0 Å². The molecule has 2 rings (SSSR count). The highest BCUT2D eigenvalue weighted by atomic mass is 16.6. The lowest BCUT2D eigenvalue weighted by Crippen LogP contribution is -2.20. The standard InChI is InChI=1S/C17H18O4/c1-13(12-19-14(2)18)20-16-8-10-17(11-9-16)21-15-6-4-3-5-7-15/h3-11,13H,12H2,1-2H3/t13-/m0/s1. The summed E-state index contributed by atoms with van der Waals surface area (Å²) in [5.74, 6) is 1.92. The first-order valence-corrected chi connectivity index (χ1v) is 6.76. The van der Waals surface area contributed by atoms with Gasteiger partial charge in [0.1, 0.15) is 30.0 Å². The van der Waals surface area contributed by atoms with Gasteiger partial charge in [-0.2, -0.15) is 0 Å². The number of ether oxygens (including phenoxy) is 3. The summed E-state index contributed by atoms with van der Waals surface area (Å²) in [6.45, 7) is 3.46. The summed E-state index contributed by atoms with van der Waals surface area (Å²) in [6.07, 6.45) is -0.199. The minimum atomic E-state index is -0.308. The van der Waals surface area contributed by atoms with Gasteiger partial charge in [0.05, 0.1) is 0 Å². The van der Waals surface area contributed by atoms with Crippen molar-refractivity contribution >= 4 is 5.97 Å². The first-order chi connectivity index (χ1) is 10.1. The van der Waals surface area contributed by atoms with E-state index in [-0.39, 0.29) is 18.7 Å². The molecule has 21 heavy (non-hydrogen) atoms. The van der Waals surface area contributed by atoms with Gasteiger partial charge >= 0.3 is 5.97 Å². The fraction of sp³-hybridized carbons (Fsp3) is 0.235. The maximum absolute atomic E-state index is 10.7. The second-order valence-corrected chi connectivity index (χ2v) is 4.62. The molecule has 0 N–H and O–H groups in total. The van der Waals surface area contributed by atoms with Crippen LogP contribution < -0.4 is 9.47 Å². The van der Waals surface area contributed by atoms with Gasteiger partial charge in [0, 0.05) is 6.92 Å². The van der Waals surface area contributed by atoms with Crippen LogP contribution >= 0.6 is 0 Å². The zero-order valence-electron chi connectivity index (χ0n) is 12.1. The van der Waals surface area contributed by atoms with Crippen LogP contribution in [0, 0.1) is 0 Å². The maximum atomic E-state index is 10.7. The van der Waals surface area contributed by atoms with E-state index in [1.165, 1.54) is 6.92 Å². The van der Waals surface area contributed by atoms with Crippen molar-refractivity contribution in [3.05, 3.63) is 54.6 Å². The van der Waals surface area contributed by atoms with Gasteiger partial charge in [0.25, 0.3) is 0 Å². The Morgan fingerprint density at radius 3 is 2.14 bits per heavy atom. The molecule has 4 heteroatoms. The molecule has 0 fully saturated rings. The molecular formula is C17H18O4. The third-order valence-corrected chi connectivity index (χ3v) is 2.66. The van der Waals surface area contributed by atoms with Crippen LogP contribution in [-0.4, -0.2) is 18.7 Å². The van der Waals surface area contributed by atoms with Crippen molar-refractivity contribution in [2.45, 2.75) is 20.0 Å². The van der Waals surface area contributed by atoms with Gasteiger partial charge in [-0.3, -0.25) is 4.79 Å². The monoisotopic (exact) mass is 286 g/mol. The highest BCUT2D eigenvalue weighted by Crippen LogP contribution is 2.23. The van der Waals surface area contributed by atoms with E-state index in [9.17, 15) is 4.79 Å². The van der Waals surface area contributed by atoms with Gasteiger partial charge < -0.3 is 14.2 Å². The average molecular weight is 286 g/mol. The van der Waals surface area contributed by atoms with E-state index in [0.717, 1.165) is 11.5 Å². The molecule has 1 atom stereocenters. The largest absolute Gasteiger partial charge is 0.487 e. The lowest BCUT2D eigenvalue weighted by Gasteiger charge is -2.14. The van der Waals surface area contributed by atoms with Gasteiger partial charge in [-0.1, -0.05) is 18.2 Å². The normalized spacial score (nSPS) is 11.5. The quantitative estimate of drug-likeness (QED) is 0.757. The number of hydrogen-bond donors (Lipinski definition) is 0. The molecular weight excluding hydrogens is 268 g/mol. The Balaban J connectivity index is 1.88. The second kappa shape index (κ2) is 7.33. The molecule has 0 aliphatic rings. The molecule has 0 saturated carbocycles. The van der Waals surface area contributed by atoms with Crippen molar-refractivity contribution in [2.75, 3.05) is 6.61 Å². The van der Waals surface area contributed by atoms with Crippen LogP contribution in [0.25, 0.3) is 0 Å². The topological polar surface area (TPSA) is 44.8 Å². The van der Waals surface area contributed by atoms with E-state index < -0.39 is 0 Å². The van der Waals surface area contributed by atoms with Crippen LogP contribution in [0.15, 0.2) is 54.6 Å². The zero-order valence-corrected chi connectivity index (χ0v) is 12.1. The molecule has 0 aromatic heterocycles. The fourth-order valence-corrected chi connectivity index (χ4v) is 1.71. The number of hydrogen-bond acceptors (Lipinski definition) is 4. The van der Waals surface area contributed by atoms with Crippen molar-refractivity contribution in [2.24, 2.45) is 0 Å². The Kier molecular flexibility index (Phi) is 5.21. The minimum absolute atomic E-state index is 0.199. The summed E-state index contributed by atoms with van der Waals surface area (Å²) in [4.78, 5) is 10.7. The molecule has 4 nitrogen and oxygen atoms in total. The number of carbonyl (C=O) groups is 1. The highest BCUT2D eigenvalue weighted by Gasteiger charge is 2.06. The SMILES string of the molecule is CC(=O)OC[C@H](C)Oc1ccc(Oc2ccccc2)cc1. The van der Waals surface area contributed by atoms with Gasteiger partial charge in [-0.25, -0.2) is 0 Å². The van der Waals surface area contributed by atoms with E-state index >= 15 is 0 Å². The van der Waals surface area contributed by atoms with Gasteiger partial charge in [0.2, 0.25) is 0 Å². The lowest BCUT2D eigenvalue weighted by atomic mass is 10.3. The van der Waals surface area contributed by atoms with Gasteiger partial charge in [0.15, 0.2) is 0 Å². The zero-order chi connectivity index (χ0) is 15.1. The third-order valence-electron chi connectivity index (χ3n) is 2.66. The van der Waals surface area contributed by atoms with Gasteiger partial charge in [-0.05, 0) is 43.3 Å². The van der Waals surface area contributed by atoms with Crippen molar-refractivity contribution in [3.63, 3.8) is 0 Å². The molecule has 2 aromatic carbocycles. The molecule has 0 radical (unpaired) electrons. The van der Waals surface area contributed by atoms with Crippen molar-refractivity contribution in [3.8, 4) is 17.2 Å². The number of rotatable bonds is 6. The summed E-state index contributed by atoms with van der Waals surface area (Å²) in [6, 6.07) is 16.9.